The SMILES string of the molecule is O=C(NCc1ccco1)Nc1ccc(NC(=O)[C@@H]2CCCN2C(=O)c2cccs2)cc1. The lowest BCUT2D eigenvalue weighted by Gasteiger charge is -2.23. The number of nitrogens with zero attached hydrogens (tertiary/aromatic N) is 1. The lowest BCUT2D eigenvalue weighted by molar-refractivity contribution is -0.119. The Hall–Kier alpha value is -3.59. The molecule has 31 heavy (non-hydrogen) atoms. The Balaban J connectivity index is 1.30. The zero-order valence-electron chi connectivity index (χ0n) is 16.7. The van der Waals surface area contributed by atoms with Crippen molar-refractivity contribution in [1.82, 2.24) is 10.2 Å². The van der Waals surface area contributed by atoms with Crippen LogP contribution in [-0.4, -0.2) is 35.3 Å². The molecule has 1 aromatic carbocycles. The van der Waals surface area contributed by atoms with Gasteiger partial charge in [-0.3, -0.25) is 9.59 Å². The van der Waals surface area contributed by atoms with E-state index >= 15 is 0 Å². The molecule has 2 aromatic heterocycles. The number of likely N-dealkylation sites (tertiary alicyclic amines) is 1. The number of carbonyl (C=O) groups excluding carboxylic acids is 3. The summed E-state index contributed by atoms with van der Waals surface area (Å²) < 4.78 is 5.17. The fourth-order valence-electron chi connectivity index (χ4n) is 3.44. The molecule has 1 atom stereocenters. The molecular formula is C22H22N4O4S. The highest BCUT2D eigenvalue weighted by Crippen LogP contribution is 2.24. The Labute approximate surface area is 183 Å². The molecule has 0 bridgehead atoms. The van der Waals surface area contributed by atoms with Gasteiger partial charge < -0.3 is 25.3 Å². The number of anilines is 2. The van der Waals surface area contributed by atoms with Gasteiger partial charge in [0.1, 0.15) is 11.8 Å². The molecule has 0 aliphatic carbocycles. The number of carbonyl (C=O) groups is 3. The van der Waals surface area contributed by atoms with Gasteiger partial charge >= 0.3 is 6.03 Å². The van der Waals surface area contributed by atoms with Gasteiger partial charge in [0.15, 0.2) is 0 Å². The van der Waals surface area contributed by atoms with Crippen LogP contribution in [0.1, 0.15) is 28.3 Å². The van der Waals surface area contributed by atoms with E-state index in [-0.39, 0.29) is 24.4 Å². The molecule has 1 fully saturated rings. The lowest BCUT2D eigenvalue weighted by Crippen LogP contribution is -2.42. The minimum absolute atomic E-state index is 0.104. The number of hydrogen-bond acceptors (Lipinski definition) is 5. The topological polar surface area (TPSA) is 104 Å². The van der Waals surface area contributed by atoms with Crippen LogP contribution in [0.15, 0.2) is 64.6 Å². The van der Waals surface area contributed by atoms with Crippen LogP contribution < -0.4 is 16.0 Å². The van der Waals surface area contributed by atoms with E-state index in [4.69, 9.17) is 4.42 Å². The Morgan fingerprint density at radius 1 is 1.03 bits per heavy atom. The van der Waals surface area contributed by atoms with Crippen LogP contribution in [0.2, 0.25) is 0 Å². The van der Waals surface area contributed by atoms with E-state index in [1.165, 1.54) is 11.3 Å². The van der Waals surface area contributed by atoms with Crippen molar-refractivity contribution in [1.29, 1.82) is 0 Å². The Bertz CT molecular complexity index is 1030. The third kappa shape index (κ3) is 5.13. The van der Waals surface area contributed by atoms with Crippen molar-refractivity contribution in [2.45, 2.75) is 25.4 Å². The predicted octanol–water partition coefficient (Wildman–Crippen LogP) is 3.91. The summed E-state index contributed by atoms with van der Waals surface area (Å²) in [4.78, 5) is 39.7. The van der Waals surface area contributed by atoms with E-state index in [0.29, 0.717) is 35.0 Å². The van der Waals surface area contributed by atoms with Gasteiger partial charge in [-0.1, -0.05) is 6.07 Å². The summed E-state index contributed by atoms with van der Waals surface area (Å²) >= 11 is 1.38. The minimum atomic E-state index is -0.486. The molecule has 3 N–H and O–H groups in total. The molecule has 4 rings (SSSR count). The summed E-state index contributed by atoms with van der Waals surface area (Å²) in [6.45, 7) is 0.861. The van der Waals surface area contributed by atoms with Crippen molar-refractivity contribution in [3.8, 4) is 0 Å². The van der Waals surface area contributed by atoms with Crippen molar-refractivity contribution in [2.24, 2.45) is 0 Å². The molecule has 3 heterocycles. The normalized spacial score (nSPS) is 15.5. The van der Waals surface area contributed by atoms with Crippen molar-refractivity contribution < 1.29 is 18.8 Å². The molecule has 1 aliphatic heterocycles. The molecular weight excluding hydrogens is 416 g/mol. The standard InChI is InChI=1S/C22H22N4O4S/c27-20(18-5-1-11-26(18)21(28)19-6-3-13-31-19)24-15-7-9-16(10-8-15)25-22(29)23-14-17-4-2-12-30-17/h2-4,6-10,12-13,18H,1,5,11,14H2,(H,24,27)(H2,23,25,29)/t18-/m0/s1. The van der Waals surface area contributed by atoms with Crippen molar-refractivity contribution in [3.05, 3.63) is 70.8 Å². The summed E-state index contributed by atoms with van der Waals surface area (Å²) in [6, 6.07) is 13.1. The Morgan fingerprint density at radius 2 is 1.81 bits per heavy atom. The van der Waals surface area contributed by atoms with E-state index < -0.39 is 6.04 Å². The summed E-state index contributed by atoms with van der Waals surface area (Å²) in [5, 5.41) is 10.1. The fourth-order valence-corrected chi connectivity index (χ4v) is 4.12. The average Bonchev–Trinajstić information content (AvgIpc) is 3.55. The van der Waals surface area contributed by atoms with E-state index in [2.05, 4.69) is 16.0 Å². The van der Waals surface area contributed by atoms with Crippen LogP contribution in [0.3, 0.4) is 0 Å². The van der Waals surface area contributed by atoms with E-state index in [9.17, 15) is 14.4 Å². The second-order valence-electron chi connectivity index (χ2n) is 7.09. The summed E-state index contributed by atoms with van der Waals surface area (Å²) in [5.74, 6) is 0.346. The third-order valence-corrected chi connectivity index (χ3v) is 5.82. The first-order valence-corrected chi connectivity index (χ1v) is 10.8. The molecule has 1 aliphatic rings. The number of hydrogen-bond donors (Lipinski definition) is 3. The van der Waals surface area contributed by atoms with Crippen LogP contribution in [-0.2, 0) is 11.3 Å². The first-order valence-electron chi connectivity index (χ1n) is 9.93. The van der Waals surface area contributed by atoms with Crippen molar-refractivity contribution in [3.63, 3.8) is 0 Å². The molecule has 3 aromatic rings. The van der Waals surface area contributed by atoms with E-state index in [1.54, 1.807) is 53.6 Å². The second kappa shape index (κ2) is 9.48. The maximum Gasteiger partial charge on any atom is 0.319 e. The molecule has 9 heteroatoms. The van der Waals surface area contributed by atoms with Gasteiger partial charge in [-0.05, 0) is 60.7 Å². The largest absolute Gasteiger partial charge is 0.467 e. The fraction of sp³-hybridized carbons (Fsp3) is 0.227. The quantitative estimate of drug-likeness (QED) is 0.543. The number of amides is 4. The first kappa shape index (κ1) is 20.7. The molecule has 0 unspecified atom stereocenters. The molecule has 8 nitrogen and oxygen atoms in total. The van der Waals surface area contributed by atoms with E-state index in [0.717, 1.165) is 6.42 Å². The van der Waals surface area contributed by atoms with Gasteiger partial charge in [-0.25, -0.2) is 4.79 Å². The van der Waals surface area contributed by atoms with E-state index in [1.807, 2.05) is 11.4 Å². The van der Waals surface area contributed by atoms with Crippen LogP contribution >= 0.6 is 11.3 Å². The monoisotopic (exact) mass is 438 g/mol. The highest BCUT2D eigenvalue weighted by atomic mass is 32.1. The number of furan rings is 1. The van der Waals surface area contributed by atoms with Gasteiger partial charge in [0, 0.05) is 17.9 Å². The van der Waals surface area contributed by atoms with Crippen molar-refractivity contribution >= 4 is 40.6 Å². The van der Waals surface area contributed by atoms with Crippen LogP contribution in [0.4, 0.5) is 16.2 Å². The summed E-state index contributed by atoms with van der Waals surface area (Å²) in [5.41, 5.74) is 1.19. The molecule has 0 spiro atoms. The maximum atomic E-state index is 12.8. The first-order chi connectivity index (χ1) is 15.1. The second-order valence-corrected chi connectivity index (χ2v) is 8.04. The lowest BCUT2D eigenvalue weighted by atomic mass is 10.2. The van der Waals surface area contributed by atoms with Crippen LogP contribution in [0, 0.1) is 0 Å². The van der Waals surface area contributed by atoms with Gasteiger partial charge in [-0.2, -0.15) is 0 Å². The van der Waals surface area contributed by atoms with Gasteiger partial charge in [0.2, 0.25) is 5.91 Å². The van der Waals surface area contributed by atoms with Crippen LogP contribution in [0.5, 0.6) is 0 Å². The number of thiophene rings is 1. The predicted molar refractivity (Wildman–Crippen MR) is 118 cm³/mol. The van der Waals surface area contributed by atoms with Gasteiger partial charge in [0.25, 0.3) is 5.91 Å². The molecule has 0 radical (unpaired) electrons. The maximum absolute atomic E-state index is 12.8. The van der Waals surface area contributed by atoms with Gasteiger partial charge in [0.05, 0.1) is 17.7 Å². The average molecular weight is 439 g/mol. The highest BCUT2D eigenvalue weighted by Gasteiger charge is 2.34. The molecule has 160 valence electrons. The zero-order valence-corrected chi connectivity index (χ0v) is 17.5. The third-order valence-electron chi connectivity index (χ3n) is 4.96. The number of nitrogens with one attached hydrogen (secondary N) is 3. The Kier molecular flexibility index (Phi) is 6.32. The highest BCUT2D eigenvalue weighted by molar-refractivity contribution is 7.12. The summed E-state index contributed by atoms with van der Waals surface area (Å²) in [6.07, 6.45) is 2.98. The summed E-state index contributed by atoms with van der Waals surface area (Å²) in [7, 11) is 0. The molecule has 1 saturated heterocycles. The van der Waals surface area contributed by atoms with Gasteiger partial charge in [-0.15, -0.1) is 11.3 Å². The van der Waals surface area contributed by atoms with Crippen LogP contribution in [0.25, 0.3) is 0 Å². The number of rotatable bonds is 6. The van der Waals surface area contributed by atoms with Crippen molar-refractivity contribution in [2.75, 3.05) is 17.2 Å². The number of benzene rings is 1. The molecule has 4 amide bonds. The smallest absolute Gasteiger partial charge is 0.319 e. The Morgan fingerprint density at radius 3 is 2.48 bits per heavy atom. The molecule has 0 saturated carbocycles. The zero-order chi connectivity index (χ0) is 21.6. The minimum Gasteiger partial charge on any atom is -0.467 e. The number of urea groups is 1.